The van der Waals surface area contributed by atoms with E-state index in [1.807, 2.05) is 53.4 Å². The number of methoxy groups -OCH3 is 1. The molecule has 2 aromatic carbocycles. The zero-order chi connectivity index (χ0) is 16.2. The number of nitrogens with zero attached hydrogens (tertiary/aromatic N) is 1. The SMILES string of the molecule is COc1ccc(CC(=O)N2CCS[C@@H]2c2cccc(Cl)c2)cc1. The van der Waals surface area contributed by atoms with Crippen LogP contribution in [0.15, 0.2) is 48.5 Å². The molecule has 0 bridgehead atoms. The maximum absolute atomic E-state index is 12.7. The Hall–Kier alpha value is -1.65. The Morgan fingerprint density at radius 2 is 2.09 bits per heavy atom. The summed E-state index contributed by atoms with van der Waals surface area (Å²) in [6.45, 7) is 0.775. The van der Waals surface area contributed by atoms with E-state index < -0.39 is 0 Å². The second-order valence-corrected chi connectivity index (χ2v) is 7.01. The Kier molecular flexibility index (Phi) is 5.13. The van der Waals surface area contributed by atoms with Crippen LogP contribution in [0.4, 0.5) is 0 Å². The van der Waals surface area contributed by atoms with Crippen LogP contribution in [0.25, 0.3) is 0 Å². The predicted molar refractivity (Wildman–Crippen MR) is 95.1 cm³/mol. The average Bonchev–Trinajstić information content (AvgIpc) is 3.05. The van der Waals surface area contributed by atoms with Crippen LogP contribution in [0.1, 0.15) is 16.5 Å². The molecule has 0 unspecified atom stereocenters. The first-order valence-corrected chi connectivity index (χ1v) is 8.89. The molecule has 3 rings (SSSR count). The molecule has 0 aromatic heterocycles. The van der Waals surface area contributed by atoms with E-state index >= 15 is 0 Å². The molecule has 1 atom stereocenters. The van der Waals surface area contributed by atoms with Crippen molar-refractivity contribution in [3.63, 3.8) is 0 Å². The Morgan fingerprint density at radius 3 is 2.78 bits per heavy atom. The first-order valence-electron chi connectivity index (χ1n) is 7.47. The topological polar surface area (TPSA) is 29.5 Å². The summed E-state index contributed by atoms with van der Waals surface area (Å²) in [5, 5.41) is 0.761. The third kappa shape index (κ3) is 3.82. The van der Waals surface area contributed by atoms with Crippen LogP contribution in [0.2, 0.25) is 5.02 Å². The zero-order valence-corrected chi connectivity index (χ0v) is 14.4. The van der Waals surface area contributed by atoms with Crippen LogP contribution in [-0.2, 0) is 11.2 Å². The molecule has 2 aromatic rings. The fourth-order valence-corrected chi connectivity index (χ4v) is 4.15. The smallest absolute Gasteiger partial charge is 0.228 e. The summed E-state index contributed by atoms with van der Waals surface area (Å²) in [7, 11) is 1.64. The van der Waals surface area contributed by atoms with Crippen LogP contribution in [0.3, 0.4) is 0 Å². The standard InChI is InChI=1S/C18H18ClNO2S/c1-22-16-7-5-13(6-8-16)11-17(21)20-9-10-23-18(20)14-3-2-4-15(19)12-14/h2-8,12,18H,9-11H2,1H3/t18-/m1/s1. The largest absolute Gasteiger partial charge is 0.497 e. The van der Waals surface area contributed by atoms with Crippen LogP contribution in [0.5, 0.6) is 5.75 Å². The second-order valence-electron chi connectivity index (χ2n) is 5.39. The molecule has 0 N–H and O–H groups in total. The number of thioether (sulfide) groups is 1. The third-order valence-electron chi connectivity index (χ3n) is 3.86. The molecule has 1 aliphatic rings. The first-order chi connectivity index (χ1) is 11.2. The van der Waals surface area contributed by atoms with Gasteiger partial charge in [-0.25, -0.2) is 0 Å². The molecule has 1 amide bonds. The number of ether oxygens (including phenoxy) is 1. The summed E-state index contributed by atoms with van der Waals surface area (Å²) < 4.78 is 5.15. The van der Waals surface area contributed by atoms with Gasteiger partial charge < -0.3 is 9.64 Å². The molecule has 1 saturated heterocycles. The lowest BCUT2D eigenvalue weighted by atomic mass is 10.1. The number of amides is 1. The fraction of sp³-hybridized carbons (Fsp3) is 0.278. The van der Waals surface area contributed by atoms with Crippen molar-refractivity contribution in [3.8, 4) is 5.75 Å². The van der Waals surface area contributed by atoms with Gasteiger partial charge in [0, 0.05) is 17.3 Å². The number of hydrogen-bond donors (Lipinski definition) is 0. The van der Waals surface area contributed by atoms with Crippen LogP contribution in [-0.4, -0.2) is 30.2 Å². The van der Waals surface area contributed by atoms with Gasteiger partial charge in [-0.2, -0.15) is 0 Å². The van der Waals surface area contributed by atoms with Crippen molar-refractivity contribution in [2.24, 2.45) is 0 Å². The van der Waals surface area contributed by atoms with E-state index in [2.05, 4.69) is 0 Å². The van der Waals surface area contributed by atoms with Gasteiger partial charge in [0.15, 0.2) is 0 Å². The molecule has 1 aliphatic heterocycles. The molecule has 0 radical (unpaired) electrons. The molecule has 5 heteroatoms. The molecule has 0 spiro atoms. The predicted octanol–water partition coefficient (Wildman–Crippen LogP) is 4.17. The van der Waals surface area contributed by atoms with Gasteiger partial charge in [-0.1, -0.05) is 35.9 Å². The monoisotopic (exact) mass is 347 g/mol. The molecule has 3 nitrogen and oxygen atoms in total. The summed E-state index contributed by atoms with van der Waals surface area (Å²) in [6, 6.07) is 15.4. The fourth-order valence-electron chi connectivity index (χ4n) is 2.68. The minimum absolute atomic E-state index is 0.0550. The number of carbonyl (C=O) groups excluding carboxylic acids is 1. The van der Waals surface area contributed by atoms with E-state index in [0.717, 1.165) is 29.2 Å². The molecule has 1 heterocycles. The molecular formula is C18H18ClNO2S. The van der Waals surface area contributed by atoms with E-state index in [-0.39, 0.29) is 11.3 Å². The number of benzene rings is 2. The summed E-state index contributed by atoms with van der Waals surface area (Å²) in [6.07, 6.45) is 0.404. The van der Waals surface area contributed by atoms with Crippen molar-refractivity contribution in [2.45, 2.75) is 11.8 Å². The van der Waals surface area contributed by atoms with Gasteiger partial charge in [-0.3, -0.25) is 4.79 Å². The number of carbonyl (C=O) groups is 1. The van der Waals surface area contributed by atoms with E-state index in [4.69, 9.17) is 16.3 Å². The molecule has 0 saturated carbocycles. The highest BCUT2D eigenvalue weighted by atomic mass is 35.5. The maximum Gasteiger partial charge on any atom is 0.228 e. The highest BCUT2D eigenvalue weighted by molar-refractivity contribution is 7.99. The van der Waals surface area contributed by atoms with Gasteiger partial charge in [0.05, 0.1) is 13.5 Å². The van der Waals surface area contributed by atoms with Gasteiger partial charge >= 0.3 is 0 Å². The van der Waals surface area contributed by atoms with Gasteiger partial charge in [-0.05, 0) is 35.4 Å². The highest BCUT2D eigenvalue weighted by Gasteiger charge is 2.30. The first kappa shape index (κ1) is 16.2. The molecule has 120 valence electrons. The number of hydrogen-bond acceptors (Lipinski definition) is 3. The van der Waals surface area contributed by atoms with Crippen LogP contribution in [0, 0.1) is 0 Å². The quantitative estimate of drug-likeness (QED) is 0.831. The van der Waals surface area contributed by atoms with Gasteiger partial charge in [0.1, 0.15) is 11.1 Å². The van der Waals surface area contributed by atoms with Crippen molar-refractivity contribution in [1.29, 1.82) is 0 Å². The van der Waals surface area contributed by atoms with E-state index in [0.29, 0.717) is 11.4 Å². The van der Waals surface area contributed by atoms with Crippen molar-refractivity contribution in [2.75, 3.05) is 19.4 Å². The lowest BCUT2D eigenvalue weighted by molar-refractivity contribution is -0.130. The zero-order valence-electron chi connectivity index (χ0n) is 12.9. The third-order valence-corrected chi connectivity index (χ3v) is 5.36. The molecule has 1 fully saturated rings. The number of rotatable bonds is 4. The van der Waals surface area contributed by atoms with E-state index in [1.165, 1.54) is 0 Å². The summed E-state index contributed by atoms with van der Waals surface area (Å²) >= 11 is 7.87. The second kappa shape index (κ2) is 7.28. The lowest BCUT2D eigenvalue weighted by Crippen LogP contribution is -2.31. The van der Waals surface area contributed by atoms with Gasteiger partial charge in [-0.15, -0.1) is 11.8 Å². The lowest BCUT2D eigenvalue weighted by Gasteiger charge is -2.24. The molecule has 0 aliphatic carbocycles. The van der Waals surface area contributed by atoms with Crippen LogP contribution >= 0.6 is 23.4 Å². The summed E-state index contributed by atoms with van der Waals surface area (Å²) in [5.74, 6) is 1.89. The Bertz CT molecular complexity index is 690. The van der Waals surface area contributed by atoms with Crippen LogP contribution < -0.4 is 4.74 Å². The summed E-state index contributed by atoms with van der Waals surface area (Å²) in [4.78, 5) is 14.6. The normalized spacial score (nSPS) is 17.3. The van der Waals surface area contributed by atoms with E-state index in [1.54, 1.807) is 18.9 Å². The molecule has 23 heavy (non-hydrogen) atoms. The van der Waals surface area contributed by atoms with Gasteiger partial charge in [0.25, 0.3) is 0 Å². The van der Waals surface area contributed by atoms with Gasteiger partial charge in [0.2, 0.25) is 5.91 Å². The molecular weight excluding hydrogens is 330 g/mol. The van der Waals surface area contributed by atoms with Crippen molar-refractivity contribution < 1.29 is 9.53 Å². The Morgan fingerprint density at radius 1 is 1.30 bits per heavy atom. The van der Waals surface area contributed by atoms with Crippen molar-refractivity contribution in [3.05, 3.63) is 64.7 Å². The maximum atomic E-state index is 12.7. The van der Waals surface area contributed by atoms with E-state index in [9.17, 15) is 4.79 Å². The number of halogens is 1. The average molecular weight is 348 g/mol. The minimum atomic E-state index is 0.0550. The Balaban J connectivity index is 1.72. The minimum Gasteiger partial charge on any atom is -0.497 e. The van der Waals surface area contributed by atoms with Crippen molar-refractivity contribution >= 4 is 29.3 Å². The van der Waals surface area contributed by atoms with Crippen molar-refractivity contribution in [1.82, 2.24) is 4.90 Å². The highest BCUT2D eigenvalue weighted by Crippen LogP contribution is 2.38. The summed E-state index contributed by atoms with van der Waals surface area (Å²) in [5.41, 5.74) is 2.08. The Labute approximate surface area is 145 Å².